The topological polar surface area (TPSA) is 64.3 Å². The normalized spacial score (nSPS) is 17.2. The molecule has 4 nitrogen and oxygen atoms in total. The van der Waals surface area contributed by atoms with Gasteiger partial charge in [0.15, 0.2) is 6.10 Å². The molecule has 0 spiro atoms. The highest BCUT2D eigenvalue weighted by molar-refractivity contribution is 5.81. The number of hydrogen-bond acceptors (Lipinski definition) is 3. The molecule has 116 valence electrons. The summed E-state index contributed by atoms with van der Waals surface area (Å²) in [5, 5.41) is 3.10. The summed E-state index contributed by atoms with van der Waals surface area (Å²) in [5.74, 6) is 0.735. The molecule has 0 bridgehead atoms. The van der Waals surface area contributed by atoms with Crippen LogP contribution in [0.25, 0.3) is 0 Å². The Bertz CT molecular complexity index is 456. The number of para-hydroxylation sites is 1. The van der Waals surface area contributed by atoms with Crippen LogP contribution < -0.4 is 15.8 Å². The van der Waals surface area contributed by atoms with Gasteiger partial charge >= 0.3 is 0 Å². The van der Waals surface area contributed by atoms with Crippen LogP contribution >= 0.6 is 0 Å². The summed E-state index contributed by atoms with van der Waals surface area (Å²) in [4.78, 5) is 12.2. The number of benzene rings is 1. The standard InChI is InChI=1S/C17H26N2O2/c1-13(17(20)19-15-8-3-2-4-9-15)21-16-10-6-5-7-14(16)11-12-18/h5-7,10,13,15H,2-4,8-9,11-12,18H2,1H3,(H,19,20). The van der Waals surface area contributed by atoms with Crippen molar-refractivity contribution >= 4 is 5.91 Å². The Morgan fingerprint density at radius 2 is 2.05 bits per heavy atom. The van der Waals surface area contributed by atoms with Gasteiger partial charge in [0.1, 0.15) is 5.75 Å². The van der Waals surface area contributed by atoms with Crippen LogP contribution in [0.15, 0.2) is 24.3 Å². The summed E-state index contributed by atoms with van der Waals surface area (Å²) in [5.41, 5.74) is 6.66. The smallest absolute Gasteiger partial charge is 0.260 e. The molecule has 0 aliphatic heterocycles. The summed E-state index contributed by atoms with van der Waals surface area (Å²) < 4.78 is 5.83. The molecule has 1 aliphatic carbocycles. The van der Waals surface area contributed by atoms with Crippen molar-refractivity contribution in [3.05, 3.63) is 29.8 Å². The Hall–Kier alpha value is -1.55. The third kappa shape index (κ3) is 4.74. The van der Waals surface area contributed by atoms with Crippen molar-refractivity contribution in [3.8, 4) is 5.75 Å². The second-order valence-electron chi connectivity index (χ2n) is 5.75. The van der Waals surface area contributed by atoms with Gasteiger partial charge in [0.2, 0.25) is 0 Å². The lowest BCUT2D eigenvalue weighted by Gasteiger charge is -2.25. The predicted octanol–water partition coefficient (Wildman–Crippen LogP) is 2.40. The highest BCUT2D eigenvalue weighted by Gasteiger charge is 2.21. The molecule has 0 saturated heterocycles. The van der Waals surface area contributed by atoms with Crippen LogP contribution in [0.5, 0.6) is 5.75 Å². The third-order valence-corrected chi connectivity index (χ3v) is 4.01. The Morgan fingerprint density at radius 3 is 2.76 bits per heavy atom. The molecule has 1 saturated carbocycles. The number of ether oxygens (including phenoxy) is 1. The van der Waals surface area contributed by atoms with Crippen molar-refractivity contribution in [3.63, 3.8) is 0 Å². The van der Waals surface area contributed by atoms with Crippen molar-refractivity contribution in [2.45, 2.75) is 57.6 Å². The first-order valence-electron chi connectivity index (χ1n) is 7.95. The average Bonchev–Trinajstić information content (AvgIpc) is 2.50. The van der Waals surface area contributed by atoms with Gasteiger partial charge in [0, 0.05) is 6.04 Å². The number of carbonyl (C=O) groups excluding carboxylic acids is 1. The number of carbonyl (C=O) groups is 1. The summed E-state index contributed by atoms with van der Waals surface area (Å²) in [6.07, 6.45) is 6.15. The first-order chi connectivity index (χ1) is 10.2. The second kappa shape index (κ2) is 8.03. The van der Waals surface area contributed by atoms with E-state index in [1.54, 1.807) is 6.92 Å². The molecule has 1 unspecified atom stereocenters. The molecule has 1 amide bonds. The van der Waals surface area contributed by atoms with Crippen molar-refractivity contribution in [1.29, 1.82) is 0 Å². The van der Waals surface area contributed by atoms with E-state index >= 15 is 0 Å². The first-order valence-corrected chi connectivity index (χ1v) is 7.95. The number of amides is 1. The minimum Gasteiger partial charge on any atom is -0.481 e. The van der Waals surface area contributed by atoms with E-state index in [0.29, 0.717) is 12.6 Å². The van der Waals surface area contributed by atoms with Crippen molar-refractivity contribution < 1.29 is 9.53 Å². The monoisotopic (exact) mass is 290 g/mol. The van der Waals surface area contributed by atoms with Gasteiger partial charge in [-0.3, -0.25) is 4.79 Å². The van der Waals surface area contributed by atoms with Crippen LogP contribution in [0.4, 0.5) is 0 Å². The van der Waals surface area contributed by atoms with Crippen LogP contribution in [-0.4, -0.2) is 24.6 Å². The number of nitrogens with one attached hydrogen (secondary N) is 1. The number of hydrogen-bond donors (Lipinski definition) is 2. The fourth-order valence-corrected chi connectivity index (χ4v) is 2.79. The fourth-order valence-electron chi connectivity index (χ4n) is 2.79. The molecule has 0 heterocycles. The van der Waals surface area contributed by atoms with Crippen LogP contribution in [-0.2, 0) is 11.2 Å². The van der Waals surface area contributed by atoms with Gasteiger partial charge in [0.25, 0.3) is 5.91 Å². The number of nitrogens with two attached hydrogens (primary N) is 1. The summed E-state index contributed by atoms with van der Waals surface area (Å²) in [6.45, 7) is 2.38. The SMILES string of the molecule is CC(Oc1ccccc1CCN)C(=O)NC1CCCCC1. The number of rotatable bonds is 6. The molecule has 1 atom stereocenters. The highest BCUT2D eigenvalue weighted by atomic mass is 16.5. The second-order valence-corrected chi connectivity index (χ2v) is 5.75. The van der Waals surface area contributed by atoms with Crippen molar-refractivity contribution in [2.24, 2.45) is 5.73 Å². The Balaban J connectivity index is 1.90. The van der Waals surface area contributed by atoms with E-state index in [9.17, 15) is 4.79 Å². The molecule has 1 aromatic rings. The van der Waals surface area contributed by atoms with E-state index in [1.807, 2.05) is 24.3 Å². The van der Waals surface area contributed by atoms with Crippen LogP contribution in [0, 0.1) is 0 Å². The molecular weight excluding hydrogens is 264 g/mol. The van der Waals surface area contributed by atoms with Gasteiger partial charge in [-0.25, -0.2) is 0 Å². The van der Waals surface area contributed by atoms with Gasteiger partial charge < -0.3 is 15.8 Å². The molecule has 1 aromatic carbocycles. The van der Waals surface area contributed by atoms with E-state index in [-0.39, 0.29) is 5.91 Å². The lowest BCUT2D eigenvalue weighted by atomic mass is 9.95. The van der Waals surface area contributed by atoms with Crippen molar-refractivity contribution in [1.82, 2.24) is 5.32 Å². The summed E-state index contributed by atoms with van der Waals surface area (Å²) >= 11 is 0. The van der Waals surface area contributed by atoms with Gasteiger partial charge in [0.05, 0.1) is 0 Å². The van der Waals surface area contributed by atoms with Crippen LogP contribution in [0.2, 0.25) is 0 Å². The van der Waals surface area contributed by atoms with Gasteiger partial charge in [-0.05, 0) is 44.4 Å². The zero-order valence-electron chi connectivity index (χ0n) is 12.8. The van der Waals surface area contributed by atoms with E-state index in [1.165, 1.54) is 19.3 Å². The first kappa shape index (κ1) is 15.8. The van der Waals surface area contributed by atoms with E-state index in [2.05, 4.69) is 5.32 Å². The van der Waals surface area contributed by atoms with Gasteiger partial charge in [-0.15, -0.1) is 0 Å². The van der Waals surface area contributed by atoms with E-state index < -0.39 is 6.10 Å². The average molecular weight is 290 g/mol. The third-order valence-electron chi connectivity index (χ3n) is 4.01. The fraction of sp³-hybridized carbons (Fsp3) is 0.588. The molecule has 2 rings (SSSR count). The van der Waals surface area contributed by atoms with Gasteiger partial charge in [-0.1, -0.05) is 37.5 Å². The molecule has 3 N–H and O–H groups in total. The molecular formula is C17H26N2O2. The van der Waals surface area contributed by atoms with Crippen molar-refractivity contribution in [2.75, 3.05) is 6.54 Å². The minimum atomic E-state index is -0.481. The summed E-state index contributed by atoms with van der Waals surface area (Å²) in [7, 11) is 0. The van der Waals surface area contributed by atoms with Crippen LogP contribution in [0.1, 0.15) is 44.6 Å². The minimum absolute atomic E-state index is 0.0237. The Morgan fingerprint density at radius 1 is 1.33 bits per heavy atom. The lowest BCUT2D eigenvalue weighted by molar-refractivity contribution is -0.128. The molecule has 21 heavy (non-hydrogen) atoms. The van der Waals surface area contributed by atoms with E-state index in [4.69, 9.17) is 10.5 Å². The zero-order chi connectivity index (χ0) is 15.1. The molecule has 1 aliphatic rings. The maximum atomic E-state index is 12.2. The zero-order valence-corrected chi connectivity index (χ0v) is 12.8. The molecule has 0 aromatic heterocycles. The molecule has 1 fully saturated rings. The quantitative estimate of drug-likeness (QED) is 0.845. The highest BCUT2D eigenvalue weighted by Crippen LogP contribution is 2.21. The Labute approximate surface area is 127 Å². The van der Waals surface area contributed by atoms with E-state index in [0.717, 1.165) is 30.6 Å². The predicted molar refractivity (Wildman–Crippen MR) is 84.3 cm³/mol. The largest absolute Gasteiger partial charge is 0.481 e. The lowest BCUT2D eigenvalue weighted by Crippen LogP contribution is -2.43. The molecule has 0 radical (unpaired) electrons. The van der Waals surface area contributed by atoms with Gasteiger partial charge in [-0.2, -0.15) is 0 Å². The maximum Gasteiger partial charge on any atom is 0.260 e. The van der Waals surface area contributed by atoms with Crippen LogP contribution in [0.3, 0.4) is 0 Å². The molecule has 4 heteroatoms. The Kier molecular flexibility index (Phi) is 6.05. The summed E-state index contributed by atoms with van der Waals surface area (Å²) in [6, 6.07) is 8.09. The maximum absolute atomic E-state index is 12.2.